The predicted molar refractivity (Wildman–Crippen MR) is 73.3 cm³/mol. The molecule has 5 heteroatoms. The van der Waals surface area contributed by atoms with Gasteiger partial charge in [-0.1, -0.05) is 0 Å². The van der Waals surface area contributed by atoms with E-state index < -0.39 is 0 Å². The van der Waals surface area contributed by atoms with Crippen molar-refractivity contribution in [1.29, 1.82) is 0 Å². The lowest BCUT2D eigenvalue weighted by Crippen LogP contribution is -2.49. The summed E-state index contributed by atoms with van der Waals surface area (Å²) in [5.74, 6) is 0.456. The molecule has 0 saturated carbocycles. The Kier molecular flexibility index (Phi) is 3.95. The number of nitrogens with two attached hydrogens (primary N) is 1. The molecule has 1 heterocycles. The molecule has 1 aliphatic heterocycles. The van der Waals surface area contributed by atoms with E-state index in [0.717, 1.165) is 12.8 Å². The molecular formula is C14H20N2O3. The minimum Gasteiger partial charge on any atom is -0.497 e. The minimum atomic E-state index is -0.231. The van der Waals surface area contributed by atoms with Crippen LogP contribution in [-0.2, 0) is 4.74 Å². The Bertz CT molecular complexity index is 468. The zero-order valence-corrected chi connectivity index (χ0v) is 11.4. The quantitative estimate of drug-likeness (QED) is 0.813. The number of hydrogen-bond acceptors (Lipinski definition) is 4. The van der Waals surface area contributed by atoms with Crippen molar-refractivity contribution in [2.45, 2.75) is 25.3 Å². The highest BCUT2D eigenvalue weighted by Gasteiger charge is 2.29. The van der Waals surface area contributed by atoms with Crippen LogP contribution >= 0.6 is 0 Å². The van der Waals surface area contributed by atoms with Gasteiger partial charge in [0.1, 0.15) is 5.75 Å². The first kappa shape index (κ1) is 13.7. The van der Waals surface area contributed by atoms with Gasteiger partial charge < -0.3 is 20.5 Å². The fourth-order valence-corrected chi connectivity index (χ4v) is 2.15. The first-order valence-corrected chi connectivity index (χ1v) is 6.38. The summed E-state index contributed by atoms with van der Waals surface area (Å²) in [6.45, 7) is 3.37. The number of ether oxygens (including phenoxy) is 2. The molecule has 1 aliphatic rings. The number of hydrogen-bond donors (Lipinski definition) is 2. The van der Waals surface area contributed by atoms with Gasteiger partial charge in [0.25, 0.3) is 5.91 Å². The number of nitrogens with one attached hydrogen (secondary N) is 1. The predicted octanol–water partition coefficient (Wildman–Crippen LogP) is 1.58. The van der Waals surface area contributed by atoms with Gasteiger partial charge in [-0.2, -0.15) is 0 Å². The maximum Gasteiger partial charge on any atom is 0.253 e. The van der Waals surface area contributed by atoms with Gasteiger partial charge in [-0.05, 0) is 38.0 Å². The van der Waals surface area contributed by atoms with Crippen LogP contribution in [0, 0.1) is 0 Å². The van der Waals surface area contributed by atoms with Gasteiger partial charge in [0.05, 0.1) is 12.7 Å². The van der Waals surface area contributed by atoms with E-state index in [1.54, 1.807) is 25.3 Å². The molecule has 0 unspecified atom stereocenters. The fourth-order valence-electron chi connectivity index (χ4n) is 2.15. The second kappa shape index (κ2) is 5.48. The lowest BCUT2D eigenvalue weighted by atomic mass is 9.92. The molecule has 104 valence electrons. The summed E-state index contributed by atoms with van der Waals surface area (Å²) in [6.07, 6.45) is 1.62. The summed E-state index contributed by atoms with van der Waals surface area (Å²) in [4.78, 5) is 12.3. The SMILES string of the molecule is COc1ccc(N)c(C(=O)NC2(C)CCOCC2)c1. The molecule has 0 radical (unpaired) electrons. The largest absolute Gasteiger partial charge is 0.497 e. The number of methoxy groups -OCH3 is 1. The molecule has 0 aromatic heterocycles. The molecule has 1 saturated heterocycles. The third kappa shape index (κ3) is 3.17. The summed E-state index contributed by atoms with van der Waals surface area (Å²) in [5, 5.41) is 3.05. The molecule has 1 fully saturated rings. The van der Waals surface area contributed by atoms with Gasteiger partial charge in [0.2, 0.25) is 0 Å². The first-order valence-electron chi connectivity index (χ1n) is 6.38. The van der Waals surface area contributed by atoms with Gasteiger partial charge in [0, 0.05) is 24.4 Å². The molecule has 0 atom stereocenters. The minimum absolute atomic E-state index is 0.166. The molecule has 0 bridgehead atoms. The Balaban J connectivity index is 2.15. The highest BCUT2D eigenvalue weighted by molar-refractivity contribution is 5.99. The van der Waals surface area contributed by atoms with Crippen LogP contribution < -0.4 is 15.8 Å². The Morgan fingerprint density at radius 2 is 2.11 bits per heavy atom. The van der Waals surface area contributed by atoms with E-state index >= 15 is 0 Å². The lowest BCUT2D eigenvalue weighted by molar-refractivity contribution is 0.0423. The highest BCUT2D eigenvalue weighted by atomic mass is 16.5. The van der Waals surface area contributed by atoms with Crippen LogP contribution in [0.15, 0.2) is 18.2 Å². The second-order valence-electron chi connectivity index (χ2n) is 5.08. The van der Waals surface area contributed by atoms with E-state index in [-0.39, 0.29) is 11.4 Å². The van der Waals surface area contributed by atoms with Gasteiger partial charge >= 0.3 is 0 Å². The molecule has 1 aromatic carbocycles. The number of nitrogen functional groups attached to an aromatic ring is 1. The average Bonchev–Trinajstić information content (AvgIpc) is 2.39. The monoisotopic (exact) mass is 264 g/mol. The van der Waals surface area contributed by atoms with Crippen molar-refractivity contribution in [2.24, 2.45) is 0 Å². The lowest BCUT2D eigenvalue weighted by Gasteiger charge is -2.34. The number of amides is 1. The third-order valence-electron chi connectivity index (χ3n) is 3.52. The van der Waals surface area contributed by atoms with E-state index in [1.165, 1.54) is 0 Å². The molecule has 1 amide bonds. The van der Waals surface area contributed by atoms with E-state index in [9.17, 15) is 4.79 Å². The van der Waals surface area contributed by atoms with Crippen LogP contribution in [-0.4, -0.2) is 31.8 Å². The second-order valence-corrected chi connectivity index (χ2v) is 5.08. The van der Waals surface area contributed by atoms with Crippen molar-refractivity contribution in [3.8, 4) is 5.75 Å². The fraction of sp³-hybridized carbons (Fsp3) is 0.500. The molecule has 0 spiro atoms. The van der Waals surface area contributed by atoms with Gasteiger partial charge in [-0.15, -0.1) is 0 Å². The first-order chi connectivity index (χ1) is 9.04. The summed E-state index contributed by atoms with van der Waals surface area (Å²) >= 11 is 0. The van der Waals surface area contributed by atoms with Crippen LogP contribution in [0.2, 0.25) is 0 Å². The van der Waals surface area contributed by atoms with Crippen molar-refractivity contribution in [1.82, 2.24) is 5.32 Å². The third-order valence-corrected chi connectivity index (χ3v) is 3.52. The number of benzene rings is 1. The van der Waals surface area contributed by atoms with Gasteiger partial charge in [-0.25, -0.2) is 0 Å². The molecule has 1 aromatic rings. The van der Waals surface area contributed by atoms with E-state index in [1.807, 2.05) is 6.92 Å². The standard InChI is InChI=1S/C14H20N2O3/c1-14(5-7-19-8-6-14)16-13(17)11-9-10(18-2)3-4-12(11)15/h3-4,9H,5-8,15H2,1-2H3,(H,16,17). The normalized spacial score (nSPS) is 17.8. The van der Waals surface area contributed by atoms with Crippen molar-refractivity contribution in [3.63, 3.8) is 0 Å². The van der Waals surface area contributed by atoms with Crippen molar-refractivity contribution in [3.05, 3.63) is 23.8 Å². The van der Waals surface area contributed by atoms with E-state index in [0.29, 0.717) is 30.2 Å². The molecule has 3 N–H and O–H groups in total. The van der Waals surface area contributed by atoms with Crippen molar-refractivity contribution >= 4 is 11.6 Å². The molecule has 0 aliphatic carbocycles. The molecule has 19 heavy (non-hydrogen) atoms. The smallest absolute Gasteiger partial charge is 0.253 e. The van der Waals surface area contributed by atoms with Crippen LogP contribution in [0.3, 0.4) is 0 Å². The topological polar surface area (TPSA) is 73.6 Å². The Labute approximate surface area is 113 Å². The van der Waals surface area contributed by atoms with Gasteiger partial charge in [0.15, 0.2) is 0 Å². The number of carbonyl (C=O) groups excluding carboxylic acids is 1. The van der Waals surface area contributed by atoms with Crippen LogP contribution in [0.5, 0.6) is 5.75 Å². The van der Waals surface area contributed by atoms with E-state index in [2.05, 4.69) is 5.32 Å². The maximum atomic E-state index is 12.3. The Hall–Kier alpha value is -1.75. The summed E-state index contributed by atoms with van der Waals surface area (Å²) in [7, 11) is 1.56. The Morgan fingerprint density at radius 1 is 1.42 bits per heavy atom. The maximum absolute atomic E-state index is 12.3. The number of carbonyl (C=O) groups is 1. The summed E-state index contributed by atoms with van der Waals surface area (Å²) in [6, 6.07) is 5.08. The van der Waals surface area contributed by atoms with Gasteiger partial charge in [-0.3, -0.25) is 4.79 Å². The average molecular weight is 264 g/mol. The highest BCUT2D eigenvalue weighted by Crippen LogP contribution is 2.23. The molecule has 5 nitrogen and oxygen atoms in total. The summed E-state index contributed by atoms with van der Waals surface area (Å²) < 4.78 is 10.4. The van der Waals surface area contributed by atoms with Crippen molar-refractivity contribution < 1.29 is 14.3 Å². The number of rotatable bonds is 3. The van der Waals surface area contributed by atoms with Crippen LogP contribution in [0.1, 0.15) is 30.1 Å². The molecule has 2 rings (SSSR count). The van der Waals surface area contributed by atoms with E-state index in [4.69, 9.17) is 15.2 Å². The zero-order chi connectivity index (χ0) is 13.9. The van der Waals surface area contributed by atoms with Crippen LogP contribution in [0.25, 0.3) is 0 Å². The summed E-state index contributed by atoms with van der Waals surface area (Å²) in [5.41, 5.74) is 6.52. The van der Waals surface area contributed by atoms with Crippen molar-refractivity contribution in [2.75, 3.05) is 26.1 Å². The van der Waals surface area contributed by atoms with Crippen LogP contribution in [0.4, 0.5) is 5.69 Å². The zero-order valence-electron chi connectivity index (χ0n) is 11.4. The number of anilines is 1. The Morgan fingerprint density at radius 3 is 2.74 bits per heavy atom. The molecular weight excluding hydrogens is 244 g/mol.